The van der Waals surface area contributed by atoms with Crippen molar-refractivity contribution in [2.24, 2.45) is 0 Å². The van der Waals surface area contributed by atoms with Gasteiger partial charge in [0.25, 0.3) is 0 Å². The Morgan fingerprint density at radius 1 is 0.486 bits per heavy atom. The largest absolute Gasteiger partial charge is 0.416 e. The van der Waals surface area contributed by atoms with Crippen molar-refractivity contribution < 1.29 is 48.6 Å². The van der Waals surface area contributed by atoms with Gasteiger partial charge in [-0.1, -0.05) is 0 Å². The minimum atomic E-state index is -4.66. The molecule has 12 heteroatoms. The second-order valence-electron chi connectivity index (χ2n) is 7.97. The number of hydrogen-bond donors (Lipinski definition) is 0. The van der Waals surface area contributed by atoms with Gasteiger partial charge in [0.2, 0.25) is 0 Å². The number of halogens is 10. The Hall–Kier alpha value is -2.65. The molecule has 0 amide bonds. The van der Waals surface area contributed by atoms with Crippen LogP contribution in [0.25, 0.3) is 0 Å². The lowest BCUT2D eigenvalue weighted by atomic mass is 10.2. The van der Waals surface area contributed by atoms with Gasteiger partial charge in [-0.2, -0.15) is 39.5 Å². The summed E-state index contributed by atoms with van der Waals surface area (Å²) in [5.74, 6) is 0. The zero-order chi connectivity index (χ0) is 27.5. The Kier molecular flexibility index (Phi) is 8.59. The van der Waals surface area contributed by atoms with Gasteiger partial charge in [-0.05, 0) is 72.8 Å². The van der Waals surface area contributed by atoms with E-state index in [9.17, 15) is 43.9 Å². The SMILES string of the molecule is FC(F)(F)c1ccc([P+](CCOCC[18F])(c2ccc(C(F)(F)F)cc2)c2ccc(C(F)(F)F)cc2)cc1. The second-order valence-corrected chi connectivity index (χ2v) is 11.6. The van der Waals surface area contributed by atoms with Crippen molar-refractivity contribution in [2.75, 3.05) is 26.1 Å². The van der Waals surface area contributed by atoms with Crippen molar-refractivity contribution in [1.82, 2.24) is 0 Å². The zero-order valence-corrected chi connectivity index (χ0v) is 19.8. The minimum Gasteiger partial charge on any atom is -0.375 e. The summed E-state index contributed by atoms with van der Waals surface area (Å²) in [6.07, 6.45) is -14.0. The van der Waals surface area contributed by atoms with Gasteiger partial charge >= 0.3 is 18.5 Å². The molecule has 0 fully saturated rings. The predicted octanol–water partition coefficient (Wildman–Crippen LogP) is 7.02. The first-order chi connectivity index (χ1) is 17.2. The molecule has 0 bridgehead atoms. The molecule has 200 valence electrons. The molecule has 0 atom stereocenters. The van der Waals surface area contributed by atoms with Crippen molar-refractivity contribution >= 4 is 23.2 Å². The van der Waals surface area contributed by atoms with Crippen LogP contribution in [-0.4, -0.2) is 26.1 Å². The molecular weight excluding hydrogens is 536 g/mol. The van der Waals surface area contributed by atoms with Crippen molar-refractivity contribution in [3.05, 3.63) is 89.5 Å². The summed E-state index contributed by atoms with van der Waals surface area (Å²) < 4.78 is 137. The highest BCUT2D eigenvalue weighted by molar-refractivity contribution is 7.95. The van der Waals surface area contributed by atoms with Crippen LogP contribution in [0.15, 0.2) is 72.8 Å². The molecule has 0 aliphatic rings. The van der Waals surface area contributed by atoms with Crippen LogP contribution in [0, 0.1) is 0 Å². The topological polar surface area (TPSA) is 9.23 Å². The van der Waals surface area contributed by atoms with E-state index in [1.54, 1.807) is 0 Å². The molecular formula is C25H20F10OP+. The zero-order valence-electron chi connectivity index (χ0n) is 18.9. The van der Waals surface area contributed by atoms with E-state index < -0.39 is 49.2 Å². The van der Waals surface area contributed by atoms with Crippen LogP contribution in [0.3, 0.4) is 0 Å². The molecule has 37 heavy (non-hydrogen) atoms. The molecule has 0 radical (unpaired) electrons. The van der Waals surface area contributed by atoms with Gasteiger partial charge in [0.05, 0.1) is 36.1 Å². The summed E-state index contributed by atoms with van der Waals surface area (Å²) in [4.78, 5) is 0. The van der Waals surface area contributed by atoms with Gasteiger partial charge in [0.1, 0.15) is 29.9 Å². The van der Waals surface area contributed by atoms with Crippen molar-refractivity contribution in [2.45, 2.75) is 18.5 Å². The lowest BCUT2D eigenvalue weighted by Gasteiger charge is -2.28. The van der Waals surface area contributed by atoms with Gasteiger partial charge in [-0.25, -0.2) is 4.39 Å². The van der Waals surface area contributed by atoms with E-state index in [1.165, 1.54) is 36.4 Å². The molecule has 0 aliphatic heterocycles. The first kappa shape index (κ1) is 28.9. The van der Waals surface area contributed by atoms with E-state index in [0.717, 1.165) is 36.4 Å². The molecule has 0 heterocycles. The fourth-order valence-corrected chi connectivity index (χ4v) is 7.95. The molecule has 0 saturated carbocycles. The van der Waals surface area contributed by atoms with Crippen LogP contribution in [0.2, 0.25) is 0 Å². The molecule has 0 N–H and O–H groups in total. The highest BCUT2D eigenvalue weighted by Gasteiger charge is 2.47. The quantitative estimate of drug-likeness (QED) is 0.165. The summed E-state index contributed by atoms with van der Waals surface area (Å²) in [7, 11) is -3.16. The minimum absolute atomic E-state index is 0.00487. The molecule has 3 rings (SSSR count). The molecule has 0 spiro atoms. The van der Waals surface area contributed by atoms with Crippen molar-refractivity contribution in [3.63, 3.8) is 0 Å². The molecule has 3 aromatic rings. The summed E-state index contributed by atoms with van der Waals surface area (Å²) in [6.45, 7) is -1.26. The smallest absolute Gasteiger partial charge is 0.375 e. The number of ether oxygens (including phenoxy) is 1. The summed E-state index contributed by atoms with van der Waals surface area (Å²) in [6, 6.07) is 11.8. The summed E-state index contributed by atoms with van der Waals surface area (Å²) >= 11 is 0. The molecule has 3 aromatic carbocycles. The Balaban J connectivity index is 2.25. The third-order valence-corrected chi connectivity index (χ3v) is 10.1. The van der Waals surface area contributed by atoms with E-state index in [4.69, 9.17) is 4.74 Å². The van der Waals surface area contributed by atoms with E-state index in [1.807, 2.05) is 0 Å². The van der Waals surface area contributed by atoms with E-state index >= 15 is 0 Å². The van der Waals surface area contributed by atoms with Crippen LogP contribution in [-0.2, 0) is 23.3 Å². The van der Waals surface area contributed by atoms with Crippen molar-refractivity contribution in [1.29, 1.82) is 0 Å². The summed E-state index contributed by atoms with van der Waals surface area (Å²) in [5.41, 5.74) is -2.91. The van der Waals surface area contributed by atoms with Crippen LogP contribution in [0.5, 0.6) is 0 Å². The normalized spacial score (nSPS) is 13.1. The Morgan fingerprint density at radius 3 is 1.03 bits per heavy atom. The average Bonchev–Trinajstić information content (AvgIpc) is 2.83. The summed E-state index contributed by atoms with van der Waals surface area (Å²) in [5, 5.41) is 0.844. The molecule has 1 nitrogen and oxygen atoms in total. The fourth-order valence-electron chi connectivity index (χ4n) is 3.91. The highest BCUT2D eigenvalue weighted by atomic mass is 31.2. The van der Waals surface area contributed by atoms with Crippen LogP contribution >= 0.6 is 7.26 Å². The monoisotopic (exact) mass is 556 g/mol. The van der Waals surface area contributed by atoms with Crippen LogP contribution in [0.4, 0.5) is 43.9 Å². The van der Waals surface area contributed by atoms with Gasteiger partial charge in [-0.3, -0.25) is 0 Å². The van der Waals surface area contributed by atoms with Gasteiger partial charge < -0.3 is 4.74 Å². The number of hydrogen-bond acceptors (Lipinski definition) is 1. The van der Waals surface area contributed by atoms with Crippen LogP contribution in [0.1, 0.15) is 16.7 Å². The van der Waals surface area contributed by atoms with Gasteiger partial charge in [-0.15, -0.1) is 0 Å². The second kappa shape index (κ2) is 11.0. The highest BCUT2D eigenvalue weighted by Crippen LogP contribution is 2.55. The average molecular weight is 556 g/mol. The maximum Gasteiger partial charge on any atom is 0.416 e. The lowest BCUT2D eigenvalue weighted by Crippen LogP contribution is -2.35. The Morgan fingerprint density at radius 2 is 0.784 bits per heavy atom. The van der Waals surface area contributed by atoms with Crippen molar-refractivity contribution in [3.8, 4) is 0 Å². The molecule has 0 unspecified atom stereocenters. The third kappa shape index (κ3) is 6.62. The number of rotatable bonds is 8. The predicted molar refractivity (Wildman–Crippen MR) is 122 cm³/mol. The molecule has 0 aromatic heterocycles. The first-order valence-corrected chi connectivity index (χ1v) is 12.7. The Bertz CT molecular complexity index is 1010. The number of benzene rings is 3. The van der Waals surface area contributed by atoms with E-state index in [0.29, 0.717) is 0 Å². The van der Waals surface area contributed by atoms with Gasteiger partial charge in [0, 0.05) is 0 Å². The van der Waals surface area contributed by atoms with Gasteiger partial charge in [0.15, 0.2) is 0 Å². The maximum atomic E-state index is 13.2. The van der Waals surface area contributed by atoms with E-state index in [2.05, 4.69) is 0 Å². The molecule has 0 saturated heterocycles. The molecule has 0 aliphatic carbocycles. The Labute approximate surface area is 206 Å². The third-order valence-electron chi connectivity index (χ3n) is 5.70. The van der Waals surface area contributed by atoms with Crippen LogP contribution < -0.4 is 15.9 Å². The van der Waals surface area contributed by atoms with E-state index in [-0.39, 0.29) is 35.3 Å². The fraction of sp³-hybridized carbons (Fsp3) is 0.280. The number of alkyl halides is 10. The lowest BCUT2D eigenvalue weighted by molar-refractivity contribution is -0.138. The first-order valence-electron chi connectivity index (χ1n) is 10.7. The maximum absolute atomic E-state index is 13.2. The standard InChI is InChI=1S/C25H20F10OP/c26-13-14-36-15-16-37(20-7-1-17(2-8-20)23(27,28)29,21-9-3-18(4-10-21)24(30,31)32)22-11-5-19(6-12-22)25(33,34)35/h1-12H,13-16H2/q+1/i26-1.